The van der Waals surface area contributed by atoms with Crippen LogP contribution in [-0.4, -0.2) is 64.6 Å². The predicted octanol–water partition coefficient (Wildman–Crippen LogP) is 8.18. The molecule has 8 nitrogen and oxygen atoms in total. The van der Waals surface area contributed by atoms with Crippen LogP contribution in [0.2, 0.25) is 0 Å². The number of esters is 2. The fourth-order valence-corrected chi connectivity index (χ4v) is 6.34. The Morgan fingerprint density at radius 3 is 1.77 bits per heavy atom. The normalized spacial score (nSPS) is 19.5. The van der Waals surface area contributed by atoms with Gasteiger partial charge in [-0.3, -0.25) is 14.4 Å². The molecule has 0 unspecified atom stereocenters. The third-order valence-electron chi connectivity index (χ3n) is 9.32. The molecule has 3 N–H and O–H groups in total. The summed E-state index contributed by atoms with van der Waals surface area (Å²) in [5, 5.41) is 30.6. The smallest absolute Gasteiger partial charge is 0.305 e. The number of rotatable bonds is 30. The SMILES string of the molecule is CCCCC[C@H](O)/C=C/[C@H]1[C@H](O)CC(=O)[C@@H]1CCCCCCC(=O)OC[C@@H](O)COC(=O)CCCCCCCCCCCCC(C)C. The van der Waals surface area contributed by atoms with Gasteiger partial charge in [-0.25, -0.2) is 0 Å². The number of unbranched alkanes of at least 4 members (excludes halogenated alkanes) is 14. The summed E-state index contributed by atoms with van der Waals surface area (Å²) < 4.78 is 10.3. The van der Waals surface area contributed by atoms with E-state index in [0.29, 0.717) is 25.7 Å². The zero-order valence-corrected chi connectivity index (χ0v) is 30.2. The van der Waals surface area contributed by atoms with Crippen molar-refractivity contribution in [3.8, 4) is 0 Å². The molecule has 0 radical (unpaired) electrons. The van der Waals surface area contributed by atoms with Gasteiger partial charge in [0.25, 0.3) is 0 Å². The molecule has 47 heavy (non-hydrogen) atoms. The van der Waals surface area contributed by atoms with E-state index in [1.54, 1.807) is 6.08 Å². The Hall–Kier alpha value is -1.77. The van der Waals surface area contributed by atoms with Gasteiger partial charge in [0.15, 0.2) is 0 Å². The topological polar surface area (TPSA) is 130 Å². The first-order valence-electron chi connectivity index (χ1n) is 19.2. The van der Waals surface area contributed by atoms with E-state index in [2.05, 4.69) is 20.8 Å². The molecule has 1 rings (SSSR count). The van der Waals surface area contributed by atoms with Crippen LogP contribution in [0.1, 0.15) is 168 Å². The van der Waals surface area contributed by atoms with Gasteiger partial charge < -0.3 is 24.8 Å². The van der Waals surface area contributed by atoms with Gasteiger partial charge in [0.2, 0.25) is 0 Å². The van der Waals surface area contributed by atoms with Gasteiger partial charge in [-0.1, -0.05) is 136 Å². The number of aliphatic hydroxyl groups is 3. The molecule has 8 heteroatoms. The van der Waals surface area contributed by atoms with Gasteiger partial charge in [0.1, 0.15) is 25.1 Å². The number of carbonyl (C=O) groups excluding carboxylic acids is 3. The number of aliphatic hydroxyl groups excluding tert-OH is 3. The van der Waals surface area contributed by atoms with Crippen molar-refractivity contribution in [1.82, 2.24) is 0 Å². The molecule has 0 aliphatic heterocycles. The first-order chi connectivity index (χ1) is 22.6. The minimum atomic E-state index is -1.04. The molecular weight excluding hydrogens is 596 g/mol. The summed E-state index contributed by atoms with van der Waals surface area (Å²) >= 11 is 0. The van der Waals surface area contributed by atoms with Crippen LogP contribution < -0.4 is 0 Å². The van der Waals surface area contributed by atoms with E-state index in [0.717, 1.165) is 63.7 Å². The molecule has 0 aromatic carbocycles. The Labute approximate surface area is 286 Å². The quantitative estimate of drug-likeness (QED) is 0.0398. The molecule has 1 fully saturated rings. The summed E-state index contributed by atoms with van der Waals surface area (Å²) in [7, 11) is 0. The van der Waals surface area contributed by atoms with Crippen molar-refractivity contribution in [3.63, 3.8) is 0 Å². The summed E-state index contributed by atoms with van der Waals surface area (Å²) in [4.78, 5) is 36.5. The summed E-state index contributed by atoms with van der Waals surface area (Å²) in [6.45, 7) is 6.32. The number of ether oxygens (including phenoxy) is 2. The van der Waals surface area contributed by atoms with Gasteiger partial charge in [-0.05, 0) is 31.6 Å². The van der Waals surface area contributed by atoms with Crippen LogP contribution in [0, 0.1) is 17.8 Å². The van der Waals surface area contributed by atoms with Crippen LogP contribution in [0.15, 0.2) is 12.2 Å². The molecule has 0 aromatic rings. The fourth-order valence-electron chi connectivity index (χ4n) is 6.34. The molecule has 1 saturated carbocycles. The van der Waals surface area contributed by atoms with E-state index < -0.39 is 24.3 Å². The van der Waals surface area contributed by atoms with Crippen molar-refractivity contribution in [2.75, 3.05) is 13.2 Å². The molecule has 0 heterocycles. The summed E-state index contributed by atoms with van der Waals surface area (Å²) in [5.41, 5.74) is 0. The molecule has 0 spiro atoms. The Balaban J connectivity index is 2.03. The zero-order valence-electron chi connectivity index (χ0n) is 30.2. The van der Waals surface area contributed by atoms with E-state index in [-0.39, 0.29) is 49.6 Å². The molecule has 274 valence electrons. The second-order valence-corrected chi connectivity index (χ2v) is 14.3. The van der Waals surface area contributed by atoms with Crippen molar-refractivity contribution in [2.24, 2.45) is 17.8 Å². The van der Waals surface area contributed by atoms with Crippen LogP contribution in [0.4, 0.5) is 0 Å². The lowest BCUT2D eigenvalue weighted by molar-refractivity contribution is -0.152. The minimum Gasteiger partial charge on any atom is -0.463 e. The van der Waals surface area contributed by atoms with Crippen molar-refractivity contribution in [1.29, 1.82) is 0 Å². The van der Waals surface area contributed by atoms with Crippen molar-refractivity contribution >= 4 is 17.7 Å². The zero-order chi connectivity index (χ0) is 34.7. The largest absolute Gasteiger partial charge is 0.463 e. The maximum atomic E-state index is 12.4. The second-order valence-electron chi connectivity index (χ2n) is 14.3. The van der Waals surface area contributed by atoms with E-state index >= 15 is 0 Å². The molecule has 1 aliphatic rings. The molecular formula is C39H70O8. The number of ketones is 1. The lowest BCUT2D eigenvalue weighted by Gasteiger charge is -2.18. The highest BCUT2D eigenvalue weighted by molar-refractivity contribution is 5.84. The third kappa shape index (κ3) is 23.3. The van der Waals surface area contributed by atoms with E-state index in [4.69, 9.17) is 9.47 Å². The Morgan fingerprint density at radius 1 is 0.745 bits per heavy atom. The fraction of sp³-hybridized carbons (Fsp3) is 0.872. The van der Waals surface area contributed by atoms with Gasteiger partial charge in [0.05, 0.1) is 12.2 Å². The average Bonchev–Trinajstić information content (AvgIpc) is 3.30. The third-order valence-corrected chi connectivity index (χ3v) is 9.32. The summed E-state index contributed by atoms with van der Waals surface area (Å²) in [5.74, 6) is -0.293. The average molecular weight is 667 g/mol. The van der Waals surface area contributed by atoms with Gasteiger partial charge in [0, 0.05) is 31.1 Å². The summed E-state index contributed by atoms with van der Waals surface area (Å²) in [6, 6.07) is 0. The predicted molar refractivity (Wildman–Crippen MR) is 188 cm³/mol. The highest BCUT2D eigenvalue weighted by Gasteiger charge is 2.39. The number of Topliss-reactive ketones (excluding diaryl/α,β-unsaturated/α-hetero) is 1. The highest BCUT2D eigenvalue weighted by Crippen LogP contribution is 2.34. The maximum Gasteiger partial charge on any atom is 0.305 e. The van der Waals surface area contributed by atoms with Crippen molar-refractivity contribution in [2.45, 2.75) is 187 Å². The van der Waals surface area contributed by atoms with E-state index in [1.165, 1.54) is 51.4 Å². The maximum absolute atomic E-state index is 12.4. The second kappa shape index (κ2) is 28.1. The standard InChI is InChI=1S/C39H70O8/c1-4-5-16-22-32(40)26-27-35-34(36(42)28-37(35)43)23-18-14-15-20-25-39(45)47-30-33(41)29-46-38(44)24-19-13-11-9-7-6-8-10-12-17-21-31(2)3/h26-27,31-35,37,40-41,43H,4-25,28-30H2,1-3H3/b27-26+/t32-,33-,34+,35+,37+/m0/s1. The molecule has 0 bridgehead atoms. The molecule has 1 aliphatic carbocycles. The monoisotopic (exact) mass is 667 g/mol. The molecule has 5 atom stereocenters. The molecule has 0 amide bonds. The van der Waals surface area contributed by atoms with Gasteiger partial charge >= 0.3 is 11.9 Å². The first-order valence-corrected chi connectivity index (χ1v) is 19.2. The molecule has 0 saturated heterocycles. The van der Waals surface area contributed by atoms with Crippen molar-refractivity contribution in [3.05, 3.63) is 12.2 Å². The van der Waals surface area contributed by atoms with Gasteiger partial charge in [-0.15, -0.1) is 0 Å². The van der Waals surface area contributed by atoms with Gasteiger partial charge in [-0.2, -0.15) is 0 Å². The van der Waals surface area contributed by atoms with Crippen molar-refractivity contribution < 1.29 is 39.2 Å². The van der Waals surface area contributed by atoms with E-state index in [1.807, 2.05) is 6.08 Å². The number of carbonyl (C=O) groups is 3. The summed E-state index contributed by atoms with van der Waals surface area (Å²) in [6.07, 6.45) is 23.1. The van der Waals surface area contributed by atoms with Crippen LogP contribution in [-0.2, 0) is 23.9 Å². The number of hydrogen-bond acceptors (Lipinski definition) is 8. The first kappa shape index (κ1) is 43.3. The van der Waals surface area contributed by atoms with Crippen LogP contribution in [0.3, 0.4) is 0 Å². The lowest BCUT2D eigenvalue weighted by Crippen LogP contribution is -2.25. The van der Waals surface area contributed by atoms with Crippen LogP contribution in [0.5, 0.6) is 0 Å². The lowest BCUT2D eigenvalue weighted by atomic mass is 9.88. The van der Waals surface area contributed by atoms with Crippen LogP contribution in [0.25, 0.3) is 0 Å². The minimum absolute atomic E-state index is 0.0829. The Kier molecular flexibility index (Phi) is 25.9. The van der Waals surface area contributed by atoms with Crippen LogP contribution >= 0.6 is 0 Å². The van der Waals surface area contributed by atoms with E-state index in [9.17, 15) is 29.7 Å². The Bertz CT molecular complexity index is 841. The Morgan fingerprint density at radius 2 is 1.23 bits per heavy atom. The molecule has 0 aromatic heterocycles. The number of hydrogen-bond donors (Lipinski definition) is 3. The highest BCUT2D eigenvalue weighted by atomic mass is 16.6.